The fourth-order valence-electron chi connectivity index (χ4n) is 3.35. The molecule has 4 rings (SSSR count). The molecule has 0 unspecified atom stereocenters. The standard InChI is InChI=1S/C18H19N5O2S/c1-11-14(15-19-17(26-2)20-18(25)23(15)21-11)12-5-7-13(8-6-12)16(24)22-9-3-4-10-22/h5-8H,3-4,9-10H2,1-2H3,(H,19,20,25). The average molecular weight is 369 g/mol. The molecule has 2 aromatic heterocycles. The van der Waals surface area contributed by atoms with Crippen molar-refractivity contribution in [2.24, 2.45) is 0 Å². The largest absolute Gasteiger partial charge is 0.350 e. The summed E-state index contributed by atoms with van der Waals surface area (Å²) in [5, 5.41) is 4.86. The topological polar surface area (TPSA) is 83.4 Å². The van der Waals surface area contributed by atoms with E-state index in [0.29, 0.717) is 16.4 Å². The van der Waals surface area contributed by atoms with Crippen LogP contribution in [-0.4, -0.2) is 49.7 Å². The quantitative estimate of drug-likeness (QED) is 0.717. The van der Waals surface area contributed by atoms with E-state index in [0.717, 1.165) is 42.8 Å². The summed E-state index contributed by atoms with van der Waals surface area (Å²) < 4.78 is 1.29. The number of rotatable bonds is 3. The first-order chi connectivity index (χ1) is 12.6. The van der Waals surface area contributed by atoms with E-state index in [9.17, 15) is 9.59 Å². The van der Waals surface area contributed by atoms with Crippen molar-refractivity contribution in [2.75, 3.05) is 19.3 Å². The first kappa shape index (κ1) is 16.8. The lowest BCUT2D eigenvalue weighted by atomic mass is 10.0. The Morgan fingerprint density at radius 3 is 2.54 bits per heavy atom. The molecule has 0 atom stereocenters. The Hall–Kier alpha value is -2.61. The van der Waals surface area contributed by atoms with Crippen LogP contribution in [0.4, 0.5) is 0 Å². The first-order valence-corrected chi connectivity index (χ1v) is 9.74. The van der Waals surface area contributed by atoms with Crippen molar-refractivity contribution in [1.29, 1.82) is 0 Å². The van der Waals surface area contributed by atoms with Crippen LogP contribution in [0, 0.1) is 6.92 Å². The summed E-state index contributed by atoms with van der Waals surface area (Å²) in [6.07, 6.45) is 4.00. The molecule has 3 heterocycles. The lowest BCUT2D eigenvalue weighted by Gasteiger charge is -2.15. The first-order valence-electron chi connectivity index (χ1n) is 8.52. The number of aromatic amines is 1. The Labute approximate surface area is 154 Å². The van der Waals surface area contributed by atoms with E-state index in [4.69, 9.17) is 0 Å². The zero-order valence-corrected chi connectivity index (χ0v) is 15.5. The summed E-state index contributed by atoms with van der Waals surface area (Å²) in [6.45, 7) is 3.52. The van der Waals surface area contributed by atoms with Crippen LogP contribution in [0.2, 0.25) is 0 Å². The van der Waals surface area contributed by atoms with E-state index in [1.807, 2.05) is 42.3 Å². The second-order valence-electron chi connectivity index (χ2n) is 6.32. The van der Waals surface area contributed by atoms with E-state index in [-0.39, 0.29) is 11.6 Å². The number of likely N-dealkylation sites (tertiary alicyclic amines) is 1. The maximum absolute atomic E-state index is 12.5. The van der Waals surface area contributed by atoms with Crippen molar-refractivity contribution in [1.82, 2.24) is 24.5 Å². The maximum Gasteiger partial charge on any atom is 0.350 e. The highest BCUT2D eigenvalue weighted by Crippen LogP contribution is 2.27. The molecule has 1 aromatic carbocycles. The fraction of sp³-hybridized carbons (Fsp3) is 0.333. The van der Waals surface area contributed by atoms with Crippen LogP contribution in [0.5, 0.6) is 0 Å². The number of H-pyrrole nitrogens is 1. The van der Waals surface area contributed by atoms with Crippen molar-refractivity contribution < 1.29 is 4.79 Å². The van der Waals surface area contributed by atoms with Gasteiger partial charge in [-0.25, -0.2) is 9.78 Å². The van der Waals surface area contributed by atoms with E-state index >= 15 is 0 Å². The van der Waals surface area contributed by atoms with Gasteiger partial charge in [0.1, 0.15) is 0 Å². The zero-order chi connectivity index (χ0) is 18.3. The molecule has 1 saturated heterocycles. The third-order valence-corrected chi connectivity index (χ3v) is 5.24. The summed E-state index contributed by atoms with van der Waals surface area (Å²) >= 11 is 1.37. The van der Waals surface area contributed by atoms with Crippen molar-refractivity contribution in [3.63, 3.8) is 0 Å². The second-order valence-corrected chi connectivity index (χ2v) is 7.12. The predicted octanol–water partition coefficient (Wildman–Crippen LogP) is 2.35. The molecule has 0 spiro atoms. The Balaban J connectivity index is 1.76. The number of thioether (sulfide) groups is 1. The number of aromatic nitrogens is 4. The van der Waals surface area contributed by atoms with E-state index < -0.39 is 0 Å². The molecule has 0 saturated carbocycles. The van der Waals surface area contributed by atoms with Gasteiger partial charge in [-0.1, -0.05) is 23.9 Å². The second kappa shape index (κ2) is 6.60. The summed E-state index contributed by atoms with van der Waals surface area (Å²) in [5.41, 5.74) is 3.32. The Morgan fingerprint density at radius 1 is 1.19 bits per heavy atom. The third kappa shape index (κ3) is 2.80. The fourth-order valence-corrected chi connectivity index (χ4v) is 3.71. The summed E-state index contributed by atoms with van der Waals surface area (Å²) in [4.78, 5) is 33.8. The zero-order valence-electron chi connectivity index (χ0n) is 14.7. The van der Waals surface area contributed by atoms with Crippen LogP contribution in [0.15, 0.2) is 34.2 Å². The van der Waals surface area contributed by atoms with Gasteiger partial charge >= 0.3 is 5.69 Å². The number of nitrogens with one attached hydrogen (secondary N) is 1. The summed E-state index contributed by atoms with van der Waals surface area (Å²) in [6, 6.07) is 7.47. The Morgan fingerprint density at radius 2 is 1.88 bits per heavy atom. The SMILES string of the molecule is CSc1nc2c(-c3ccc(C(=O)N4CCCC4)cc3)c(C)nn2c(=O)[nH]1. The normalized spacial score (nSPS) is 14.3. The van der Waals surface area contributed by atoms with E-state index in [1.54, 1.807) is 0 Å². The van der Waals surface area contributed by atoms with Gasteiger partial charge in [0.15, 0.2) is 10.8 Å². The number of aryl methyl sites for hydroxylation is 1. The predicted molar refractivity (Wildman–Crippen MR) is 101 cm³/mol. The van der Waals surface area contributed by atoms with Gasteiger partial charge in [-0.05, 0) is 43.7 Å². The number of amides is 1. The van der Waals surface area contributed by atoms with Crippen LogP contribution >= 0.6 is 11.8 Å². The van der Waals surface area contributed by atoms with Gasteiger partial charge in [0.2, 0.25) is 0 Å². The van der Waals surface area contributed by atoms with Crippen LogP contribution in [0.25, 0.3) is 16.8 Å². The molecule has 7 nitrogen and oxygen atoms in total. The molecule has 0 radical (unpaired) electrons. The van der Waals surface area contributed by atoms with Crippen molar-refractivity contribution in [2.45, 2.75) is 24.9 Å². The summed E-state index contributed by atoms with van der Waals surface area (Å²) in [5.74, 6) is 0.0740. The Kier molecular flexibility index (Phi) is 4.28. The average Bonchev–Trinajstić information content (AvgIpc) is 3.29. The smallest absolute Gasteiger partial charge is 0.339 e. The van der Waals surface area contributed by atoms with Crippen LogP contribution in [0.3, 0.4) is 0 Å². The van der Waals surface area contributed by atoms with Crippen LogP contribution in [0.1, 0.15) is 28.9 Å². The molecule has 8 heteroatoms. The third-order valence-electron chi connectivity index (χ3n) is 4.66. The summed E-state index contributed by atoms with van der Waals surface area (Å²) in [7, 11) is 0. The van der Waals surface area contributed by atoms with Gasteiger partial charge in [-0.2, -0.15) is 9.61 Å². The molecular formula is C18H19N5O2S. The van der Waals surface area contributed by atoms with Gasteiger partial charge in [0, 0.05) is 24.2 Å². The minimum Gasteiger partial charge on any atom is -0.339 e. The van der Waals surface area contributed by atoms with Crippen LogP contribution < -0.4 is 5.69 Å². The van der Waals surface area contributed by atoms with Crippen molar-refractivity contribution in [3.8, 4) is 11.1 Å². The highest BCUT2D eigenvalue weighted by atomic mass is 32.2. The number of hydrogen-bond acceptors (Lipinski definition) is 5. The lowest BCUT2D eigenvalue weighted by molar-refractivity contribution is 0.0793. The van der Waals surface area contributed by atoms with Gasteiger partial charge in [0.25, 0.3) is 5.91 Å². The highest BCUT2D eigenvalue weighted by Gasteiger charge is 2.20. The maximum atomic E-state index is 12.5. The molecular weight excluding hydrogens is 350 g/mol. The number of nitrogens with zero attached hydrogens (tertiary/aromatic N) is 4. The molecule has 3 aromatic rings. The number of benzene rings is 1. The molecule has 1 amide bonds. The van der Waals surface area contributed by atoms with Gasteiger partial charge in [-0.3, -0.25) is 9.78 Å². The van der Waals surface area contributed by atoms with Crippen LogP contribution in [-0.2, 0) is 0 Å². The van der Waals surface area contributed by atoms with E-state index in [2.05, 4.69) is 15.1 Å². The monoisotopic (exact) mass is 369 g/mol. The lowest BCUT2D eigenvalue weighted by Crippen LogP contribution is -2.27. The minimum atomic E-state index is -0.311. The van der Waals surface area contributed by atoms with Gasteiger partial charge in [-0.15, -0.1) is 0 Å². The van der Waals surface area contributed by atoms with Crippen molar-refractivity contribution >= 4 is 23.3 Å². The van der Waals surface area contributed by atoms with Gasteiger partial charge in [0.05, 0.1) is 5.69 Å². The van der Waals surface area contributed by atoms with Gasteiger partial charge < -0.3 is 4.90 Å². The molecule has 1 fully saturated rings. The molecule has 134 valence electrons. The molecule has 0 bridgehead atoms. The number of fused-ring (bicyclic) bond motifs is 1. The number of hydrogen-bond donors (Lipinski definition) is 1. The molecule has 1 aliphatic rings. The number of carbonyl (C=O) groups is 1. The molecule has 0 aliphatic carbocycles. The van der Waals surface area contributed by atoms with E-state index in [1.165, 1.54) is 16.3 Å². The minimum absolute atomic E-state index is 0.0740. The van der Waals surface area contributed by atoms with Crippen molar-refractivity contribution in [3.05, 3.63) is 46.0 Å². The molecule has 26 heavy (non-hydrogen) atoms. The highest BCUT2D eigenvalue weighted by molar-refractivity contribution is 7.98. The molecule has 1 aliphatic heterocycles. The molecule has 1 N–H and O–H groups in total. The number of carbonyl (C=O) groups excluding carboxylic acids is 1. The Bertz CT molecular complexity index is 1030.